The molecule has 0 spiro atoms. The van der Waals surface area contributed by atoms with Gasteiger partial charge in [0, 0.05) is 17.0 Å². The molecule has 6 heteroatoms. The Labute approximate surface area is 159 Å². The maximum absolute atomic E-state index is 10.2. The number of piperidine rings is 1. The van der Waals surface area contributed by atoms with Crippen LogP contribution in [0.5, 0.6) is 0 Å². The van der Waals surface area contributed by atoms with Crippen LogP contribution in [0.15, 0.2) is 0 Å². The predicted octanol–water partition coefficient (Wildman–Crippen LogP) is 3.40. The third-order valence-corrected chi connectivity index (χ3v) is 7.67. The topological polar surface area (TPSA) is 52.5 Å². The molecule has 5 nitrogen and oxygen atoms in total. The van der Waals surface area contributed by atoms with E-state index in [4.69, 9.17) is 9.97 Å². The second-order valence-corrected chi connectivity index (χ2v) is 9.53. The van der Waals surface area contributed by atoms with Gasteiger partial charge in [0.2, 0.25) is 0 Å². The van der Waals surface area contributed by atoms with Crippen LogP contribution in [0.2, 0.25) is 0 Å². The molecule has 0 saturated carbocycles. The van der Waals surface area contributed by atoms with E-state index in [1.807, 2.05) is 0 Å². The standard InChI is InChI=1S/C20H28N4OS/c1-12-13(2)26-20-18(12)19(21-17(22-20)11-23-7-3-4-8-23)24-14-5-6-15(24)10-16(25)9-14/h14-16,25H,3-11H2,1-2H3. The van der Waals surface area contributed by atoms with Crippen molar-refractivity contribution in [2.45, 2.75) is 77.1 Å². The zero-order valence-electron chi connectivity index (χ0n) is 15.7. The lowest BCUT2D eigenvalue weighted by Crippen LogP contribution is -2.45. The van der Waals surface area contributed by atoms with E-state index in [-0.39, 0.29) is 6.10 Å². The number of hydrogen-bond donors (Lipinski definition) is 1. The molecule has 2 bridgehead atoms. The van der Waals surface area contributed by atoms with Gasteiger partial charge in [-0.2, -0.15) is 0 Å². The van der Waals surface area contributed by atoms with Crippen LogP contribution in [0, 0.1) is 13.8 Å². The molecular weight excluding hydrogens is 344 g/mol. The number of aromatic nitrogens is 2. The van der Waals surface area contributed by atoms with Crippen LogP contribution < -0.4 is 4.90 Å². The van der Waals surface area contributed by atoms with Crippen LogP contribution in [0.3, 0.4) is 0 Å². The third-order valence-electron chi connectivity index (χ3n) is 6.57. The average Bonchev–Trinajstić information content (AvgIpc) is 3.27. The molecule has 0 aromatic carbocycles. The fourth-order valence-electron chi connectivity index (χ4n) is 5.16. The highest BCUT2D eigenvalue weighted by molar-refractivity contribution is 7.18. The van der Waals surface area contributed by atoms with Crippen molar-refractivity contribution < 1.29 is 5.11 Å². The number of aryl methyl sites for hydroxylation is 2. The highest BCUT2D eigenvalue weighted by Gasteiger charge is 2.42. The Morgan fingerprint density at radius 1 is 1.08 bits per heavy atom. The molecule has 140 valence electrons. The van der Waals surface area contributed by atoms with Crippen molar-refractivity contribution in [2.24, 2.45) is 0 Å². The van der Waals surface area contributed by atoms with Crippen LogP contribution in [0.4, 0.5) is 5.82 Å². The van der Waals surface area contributed by atoms with E-state index in [1.165, 1.54) is 54.6 Å². The number of thiophene rings is 1. The number of aliphatic hydroxyl groups excluding tert-OH is 1. The first-order valence-electron chi connectivity index (χ1n) is 10.1. The highest BCUT2D eigenvalue weighted by atomic mass is 32.1. The lowest BCUT2D eigenvalue weighted by atomic mass is 9.99. The second-order valence-electron chi connectivity index (χ2n) is 8.33. The second kappa shape index (κ2) is 6.43. The normalized spacial score (nSPS) is 29.2. The number of hydrogen-bond acceptors (Lipinski definition) is 6. The van der Waals surface area contributed by atoms with Crippen LogP contribution in [-0.4, -0.2) is 51.3 Å². The van der Waals surface area contributed by atoms with Gasteiger partial charge in [-0.1, -0.05) is 0 Å². The molecule has 0 aliphatic carbocycles. The van der Waals surface area contributed by atoms with Crippen molar-refractivity contribution in [3.63, 3.8) is 0 Å². The van der Waals surface area contributed by atoms with E-state index in [2.05, 4.69) is 23.6 Å². The number of rotatable bonds is 3. The number of aliphatic hydroxyl groups is 1. The first-order chi connectivity index (χ1) is 12.6. The zero-order chi connectivity index (χ0) is 17.8. The van der Waals surface area contributed by atoms with Crippen molar-refractivity contribution in [3.8, 4) is 0 Å². The predicted molar refractivity (Wildman–Crippen MR) is 106 cm³/mol. The Balaban J connectivity index is 1.60. The number of fused-ring (bicyclic) bond motifs is 3. The molecule has 2 unspecified atom stereocenters. The minimum atomic E-state index is -0.143. The Bertz CT molecular complexity index is 815. The summed E-state index contributed by atoms with van der Waals surface area (Å²) in [6.45, 7) is 7.60. The summed E-state index contributed by atoms with van der Waals surface area (Å²) in [7, 11) is 0. The summed E-state index contributed by atoms with van der Waals surface area (Å²) >= 11 is 1.81. The van der Waals surface area contributed by atoms with Crippen molar-refractivity contribution in [1.29, 1.82) is 0 Å². The first-order valence-corrected chi connectivity index (χ1v) is 10.9. The average molecular weight is 373 g/mol. The smallest absolute Gasteiger partial charge is 0.146 e. The quantitative estimate of drug-likeness (QED) is 0.895. The van der Waals surface area contributed by atoms with Crippen LogP contribution >= 0.6 is 11.3 Å². The van der Waals surface area contributed by atoms with Crippen LogP contribution in [0.1, 0.15) is 54.8 Å². The Hall–Kier alpha value is -1.24. The van der Waals surface area contributed by atoms with E-state index in [0.29, 0.717) is 12.1 Å². The van der Waals surface area contributed by atoms with E-state index in [9.17, 15) is 5.11 Å². The molecule has 3 fully saturated rings. The molecule has 5 heterocycles. The number of likely N-dealkylation sites (tertiary alicyclic amines) is 1. The first kappa shape index (κ1) is 16.9. The summed E-state index contributed by atoms with van der Waals surface area (Å²) in [6.07, 6.45) is 6.56. The molecule has 1 N–H and O–H groups in total. The van der Waals surface area contributed by atoms with E-state index in [1.54, 1.807) is 11.3 Å². The molecule has 0 radical (unpaired) electrons. The van der Waals surface area contributed by atoms with Crippen LogP contribution in [0.25, 0.3) is 10.2 Å². The fraction of sp³-hybridized carbons (Fsp3) is 0.700. The van der Waals surface area contributed by atoms with Crippen molar-refractivity contribution >= 4 is 27.4 Å². The lowest BCUT2D eigenvalue weighted by molar-refractivity contribution is 0.126. The lowest BCUT2D eigenvalue weighted by Gasteiger charge is -2.38. The van der Waals surface area contributed by atoms with Crippen molar-refractivity contribution in [2.75, 3.05) is 18.0 Å². The summed E-state index contributed by atoms with van der Waals surface area (Å²) in [5.74, 6) is 2.12. The highest BCUT2D eigenvalue weighted by Crippen LogP contribution is 2.43. The zero-order valence-corrected chi connectivity index (χ0v) is 16.6. The van der Waals surface area contributed by atoms with Gasteiger partial charge in [0.25, 0.3) is 0 Å². The van der Waals surface area contributed by atoms with E-state index in [0.717, 1.165) is 35.9 Å². The molecule has 3 aliphatic heterocycles. The molecule has 2 aromatic heterocycles. The largest absolute Gasteiger partial charge is 0.393 e. The van der Waals surface area contributed by atoms with E-state index >= 15 is 0 Å². The van der Waals surface area contributed by atoms with Crippen molar-refractivity contribution in [1.82, 2.24) is 14.9 Å². The van der Waals surface area contributed by atoms with Gasteiger partial charge in [0.05, 0.1) is 18.0 Å². The maximum atomic E-state index is 10.2. The molecule has 3 saturated heterocycles. The Morgan fingerprint density at radius 3 is 2.46 bits per heavy atom. The van der Waals surface area contributed by atoms with Crippen LogP contribution in [-0.2, 0) is 6.54 Å². The monoisotopic (exact) mass is 372 g/mol. The molecule has 26 heavy (non-hydrogen) atoms. The SMILES string of the molecule is Cc1sc2nc(CN3CCCC3)nc(N3C4CCC3CC(O)C4)c2c1C. The summed E-state index contributed by atoms with van der Waals surface area (Å²) in [5.41, 5.74) is 1.33. The molecule has 0 amide bonds. The minimum Gasteiger partial charge on any atom is -0.393 e. The van der Waals surface area contributed by atoms with Gasteiger partial charge >= 0.3 is 0 Å². The molecule has 5 rings (SSSR count). The van der Waals surface area contributed by atoms with Gasteiger partial charge in [0.1, 0.15) is 16.5 Å². The molecule has 2 atom stereocenters. The van der Waals surface area contributed by atoms with Crippen molar-refractivity contribution in [3.05, 3.63) is 16.3 Å². The van der Waals surface area contributed by atoms with Gasteiger partial charge < -0.3 is 10.0 Å². The third kappa shape index (κ3) is 2.74. The van der Waals surface area contributed by atoms with Gasteiger partial charge in [-0.15, -0.1) is 11.3 Å². The van der Waals surface area contributed by atoms with Gasteiger partial charge in [-0.05, 0) is 71.0 Å². The maximum Gasteiger partial charge on any atom is 0.146 e. The summed E-state index contributed by atoms with van der Waals surface area (Å²) < 4.78 is 0. The summed E-state index contributed by atoms with van der Waals surface area (Å²) in [5, 5.41) is 11.5. The number of nitrogens with zero attached hydrogens (tertiary/aromatic N) is 4. The molecule has 2 aromatic rings. The Kier molecular flexibility index (Phi) is 4.18. The van der Waals surface area contributed by atoms with Gasteiger partial charge in [-0.3, -0.25) is 4.90 Å². The summed E-state index contributed by atoms with van der Waals surface area (Å²) in [6, 6.07) is 0.863. The van der Waals surface area contributed by atoms with Gasteiger partial charge in [0.15, 0.2) is 0 Å². The van der Waals surface area contributed by atoms with E-state index < -0.39 is 0 Å². The fourth-order valence-corrected chi connectivity index (χ4v) is 6.21. The van der Waals surface area contributed by atoms with Gasteiger partial charge in [-0.25, -0.2) is 9.97 Å². The summed E-state index contributed by atoms with van der Waals surface area (Å²) in [4.78, 5) is 17.6. The minimum absolute atomic E-state index is 0.143. The number of anilines is 1. The molecule has 3 aliphatic rings. The molecular formula is C20H28N4OS. The Morgan fingerprint density at radius 2 is 1.77 bits per heavy atom.